The summed E-state index contributed by atoms with van der Waals surface area (Å²) >= 11 is 0. The van der Waals surface area contributed by atoms with Crippen molar-refractivity contribution < 1.29 is 38.4 Å². The molecule has 1 unspecified atom stereocenters. The van der Waals surface area contributed by atoms with Gasteiger partial charge in [0.15, 0.2) is 23.0 Å². The monoisotopic (exact) mass is 480 g/mol. The van der Waals surface area contributed by atoms with Gasteiger partial charge in [-0.15, -0.1) is 0 Å². The zero-order valence-corrected chi connectivity index (χ0v) is 18.9. The molecular formula is C25H24N2O8. The highest BCUT2D eigenvalue weighted by Gasteiger charge is 2.46. The second-order valence-electron chi connectivity index (χ2n) is 8.63. The molecule has 10 nitrogen and oxygen atoms in total. The van der Waals surface area contributed by atoms with Crippen LogP contribution in [0.2, 0.25) is 0 Å². The SMILES string of the molecule is O=C1C(=O)N(CCN2CCOCC2)C(c2ccc3c(c2)OCO3)/C1=C(\O)c1ccc2c(c1)OCO2. The maximum atomic E-state index is 13.3. The van der Waals surface area contributed by atoms with Crippen molar-refractivity contribution in [2.75, 3.05) is 53.0 Å². The maximum Gasteiger partial charge on any atom is 0.295 e. The predicted molar refractivity (Wildman–Crippen MR) is 121 cm³/mol. The van der Waals surface area contributed by atoms with Crippen LogP contribution >= 0.6 is 0 Å². The van der Waals surface area contributed by atoms with E-state index in [4.69, 9.17) is 23.7 Å². The molecule has 182 valence electrons. The molecule has 0 saturated carbocycles. The molecule has 0 spiro atoms. The first-order valence-electron chi connectivity index (χ1n) is 11.5. The number of hydrogen-bond donors (Lipinski definition) is 1. The number of nitrogens with zero attached hydrogens (tertiary/aromatic N) is 2. The summed E-state index contributed by atoms with van der Waals surface area (Å²) in [5.74, 6) is 0.500. The Balaban J connectivity index is 1.40. The highest BCUT2D eigenvalue weighted by atomic mass is 16.7. The highest BCUT2D eigenvalue weighted by molar-refractivity contribution is 6.46. The minimum absolute atomic E-state index is 0.0229. The molecule has 4 aliphatic rings. The highest BCUT2D eigenvalue weighted by Crippen LogP contribution is 2.44. The predicted octanol–water partition coefficient (Wildman–Crippen LogP) is 1.90. The number of benzene rings is 2. The van der Waals surface area contributed by atoms with Gasteiger partial charge >= 0.3 is 0 Å². The van der Waals surface area contributed by atoms with Crippen LogP contribution in [0.3, 0.4) is 0 Å². The van der Waals surface area contributed by atoms with Gasteiger partial charge < -0.3 is 33.7 Å². The summed E-state index contributed by atoms with van der Waals surface area (Å²) in [4.78, 5) is 30.2. The van der Waals surface area contributed by atoms with E-state index in [1.165, 1.54) is 4.90 Å². The van der Waals surface area contributed by atoms with Crippen LogP contribution in [0.4, 0.5) is 0 Å². The van der Waals surface area contributed by atoms with Crippen LogP contribution < -0.4 is 18.9 Å². The van der Waals surface area contributed by atoms with Gasteiger partial charge in [0.2, 0.25) is 13.6 Å². The van der Waals surface area contributed by atoms with Crippen molar-refractivity contribution in [1.82, 2.24) is 9.80 Å². The van der Waals surface area contributed by atoms with Gasteiger partial charge in [-0.1, -0.05) is 6.07 Å². The smallest absolute Gasteiger partial charge is 0.295 e. The Morgan fingerprint density at radius 3 is 2.26 bits per heavy atom. The normalized spacial score (nSPS) is 22.7. The third-order valence-corrected chi connectivity index (χ3v) is 6.66. The standard InChI is InChI=1S/C25H24N2O8/c28-23(16-2-4-18-20(12-16)35-14-33-18)21-22(15-1-3-17-19(11-15)34-13-32-17)27(25(30)24(21)29)6-5-26-7-9-31-10-8-26/h1-4,11-12,22,28H,5-10,13-14H2/b23-21+. The van der Waals surface area contributed by atoms with Crippen molar-refractivity contribution in [2.45, 2.75) is 6.04 Å². The van der Waals surface area contributed by atoms with Crippen molar-refractivity contribution in [2.24, 2.45) is 0 Å². The average molecular weight is 480 g/mol. The number of fused-ring (bicyclic) bond motifs is 2. The Bertz CT molecular complexity index is 1220. The van der Waals surface area contributed by atoms with Gasteiger partial charge in [0.1, 0.15) is 5.76 Å². The number of aliphatic hydroxyl groups excluding tert-OH is 1. The summed E-state index contributed by atoms with van der Waals surface area (Å²) in [7, 11) is 0. The summed E-state index contributed by atoms with van der Waals surface area (Å²) in [5, 5.41) is 11.3. The van der Waals surface area contributed by atoms with Crippen molar-refractivity contribution in [3.63, 3.8) is 0 Å². The first-order chi connectivity index (χ1) is 17.1. The average Bonchev–Trinajstić information content (AvgIpc) is 3.61. The molecular weight excluding hydrogens is 456 g/mol. The van der Waals surface area contributed by atoms with E-state index in [-0.39, 0.29) is 24.9 Å². The van der Waals surface area contributed by atoms with Crippen LogP contribution in [0.1, 0.15) is 17.2 Å². The second-order valence-corrected chi connectivity index (χ2v) is 8.63. The Kier molecular flexibility index (Phi) is 5.46. The molecule has 6 rings (SSSR count). The van der Waals surface area contributed by atoms with Gasteiger partial charge in [0, 0.05) is 31.7 Å². The van der Waals surface area contributed by atoms with Crippen molar-refractivity contribution in [3.05, 3.63) is 53.1 Å². The molecule has 1 amide bonds. The number of ether oxygens (including phenoxy) is 5. The van der Waals surface area contributed by atoms with Crippen LogP contribution in [0.25, 0.3) is 5.76 Å². The molecule has 2 aromatic rings. The lowest BCUT2D eigenvalue weighted by Gasteiger charge is -2.31. The Hall–Kier alpha value is -3.76. The zero-order valence-electron chi connectivity index (χ0n) is 18.9. The summed E-state index contributed by atoms with van der Waals surface area (Å²) in [5.41, 5.74) is 1.04. The van der Waals surface area contributed by atoms with Crippen molar-refractivity contribution >= 4 is 17.4 Å². The maximum absolute atomic E-state index is 13.3. The van der Waals surface area contributed by atoms with Gasteiger partial charge in [-0.3, -0.25) is 14.5 Å². The molecule has 0 radical (unpaired) electrons. The third-order valence-electron chi connectivity index (χ3n) is 6.66. The Labute approximate surface area is 201 Å². The van der Waals surface area contributed by atoms with Crippen LogP contribution in [0, 0.1) is 0 Å². The van der Waals surface area contributed by atoms with Gasteiger partial charge in [0.05, 0.1) is 24.8 Å². The van der Waals surface area contributed by atoms with E-state index in [1.807, 2.05) is 0 Å². The first kappa shape index (κ1) is 21.8. The van der Waals surface area contributed by atoms with E-state index in [2.05, 4.69) is 4.90 Å². The number of likely N-dealkylation sites (tertiary alicyclic amines) is 1. The van der Waals surface area contributed by atoms with E-state index in [9.17, 15) is 14.7 Å². The van der Waals surface area contributed by atoms with Crippen LogP contribution in [-0.2, 0) is 14.3 Å². The van der Waals surface area contributed by atoms with Gasteiger partial charge in [-0.05, 0) is 35.9 Å². The zero-order chi connectivity index (χ0) is 23.9. The molecule has 2 saturated heterocycles. The summed E-state index contributed by atoms with van der Waals surface area (Å²) in [6.45, 7) is 3.88. The summed E-state index contributed by atoms with van der Waals surface area (Å²) < 4.78 is 27.1. The minimum Gasteiger partial charge on any atom is -0.507 e. The number of amides is 1. The fourth-order valence-electron chi connectivity index (χ4n) is 4.81. The Morgan fingerprint density at radius 2 is 1.51 bits per heavy atom. The number of rotatable bonds is 5. The molecule has 0 bridgehead atoms. The fraction of sp³-hybridized carbons (Fsp3) is 0.360. The topological polar surface area (TPSA) is 107 Å². The lowest BCUT2D eigenvalue weighted by molar-refractivity contribution is -0.140. The molecule has 1 N–H and O–H groups in total. The number of carbonyl (C=O) groups excluding carboxylic acids is 2. The van der Waals surface area contributed by atoms with Crippen LogP contribution in [0.15, 0.2) is 42.0 Å². The molecule has 0 aliphatic carbocycles. The molecule has 0 aromatic heterocycles. The minimum atomic E-state index is -0.782. The molecule has 2 fully saturated rings. The van der Waals surface area contributed by atoms with Crippen molar-refractivity contribution in [1.29, 1.82) is 0 Å². The quantitative estimate of drug-likeness (QED) is 0.390. The molecule has 2 aromatic carbocycles. The Morgan fingerprint density at radius 1 is 0.857 bits per heavy atom. The second kappa shape index (κ2) is 8.79. The number of aliphatic hydroxyl groups is 1. The fourth-order valence-corrected chi connectivity index (χ4v) is 4.81. The number of morpholine rings is 1. The van der Waals surface area contributed by atoms with E-state index < -0.39 is 17.7 Å². The van der Waals surface area contributed by atoms with Crippen LogP contribution in [0.5, 0.6) is 23.0 Å². The van der Waals surface area contributed by atoms with Gasteiger partial charge in [0.25, 0.3) is 11.7 Å². The number of Topliss-reactive ketones (excluding diaryl/α,β-unsaturated/α-hetero) is 1. The van der Waals surface area contributed by atoms with Gasteiger partial charge in [-0.25, -0.2) is 0 Å². The number of hydrogen-bond acceptors (Lipinski definition) is 9. The molecule has 4 aliphatic heterocycles. The van der Waals surface area contributed by atoms with Crippen LogP contribution in [-0.4, -0.2) is 79.6 Å². The lowest BCUT2D eigenvalue weighted by atomic mass is 9.95. The molecule has 10 heteroatoms. The van der Waals surface area contributed by atoms with E-state index in [1.54, 1.807) is 36.4 Å². The number of ketones is 1. The lowest BCUT2D eigenvalue weighted by Crippen LogP contribution is -2.42. The third kappa shape index (κ3) is 3.84. The number of carbonyl (C=O) groups is 2. The van der Waals surface area contributed by atoms with Crippen molar-refractivity contribution in [3.8, 4) is 23.0 Å². The largest absolute Gasteiger partial charge is 0.507 e. The van der Waals surface area contributed by atoms with E-state index in [0.29, 0.717) is 60.4 Å². The summed E-state index contributed by atoms with van der Waals surface area (Å²) in [6, 6.07) is 9.43. The molecule has 35 heavy (non-hydrogen) atoms. The van der Waals surface area contributed by atoms with E-state index in [0.717, 1.165) is 13.1 Å². The first-order valence-corrected chi connectivity index (χ1v) is 11.5. The summed E-state index contributed by atoms with van der Waals surface area (Å²) in [6.07, 6.45) is 0. The van der Waals surface area contributed by atoms with Gasteiger partial charge in [-0.2, -0.15) is 0 Å². The van der Waals surface area contributed by atoms with E-state index >= 15 is 0 Å². The molecule has 4 heterocycles. The molecule has 1 atom stereocenters.